The summed E-state index contributed by atoms with van der Waals surface area (Å²) in [7, 11) is 0. The zero-order valence-electron chi connectivity index (χ0n) is 12.8. The third kappa shape index (κ3) is 3.84. The van der Waals surface area contributed by atoms with Gasteiger partial charge in [-0.1, -0.05) is 38.3 Å². The van der Waals surface area contributed by atoms with Crippen molar-refractivity contribution in [3.05, 3.63) is 35.6 Å². The minimum Gasteiger partial charge on any atom is -0.480 e. The lowest BCUT2D eigenvalue weighted by Crippen LogP contribution is -2.56. The number of carbonyl (C=O) groups is 2. The molecular formula is C17H22FNO3. The first-order chi connectivity index (χ1) is 10.4. The van der Waals surface area contributed by atoms with Crippen molar-refractivity contribution in [1.82, 2.24) is 5.32 Å². The second-order valence-corrected chi connectivity index (χ2v) is 6.17. The highest BCUT2D eigenvalue weighted by Gasteiger charge is 2.41. The molecule has 0 bridgehead atoms. The largest absolute Gasteiger partial charge is 0.480 e. The number of carboxylic acids is 1. The number of carbonyl (C=O) groups excluding carboxylic acids is 1. The fraction of sp³-hybridized carbons (Fsp3) is 0.529. The van der Waals surface area contributed by atoms with Gasteiger partial charge in [0.15, 0.2) is 0 Å². The summed E-state index contributed by atoms with van der Waals surface area (Å²) in [6.45, 7) is 1.73. The molecule has 2 N–H and O–H groups in total. The number of aliphatic carboxylic acids is 1. The van der Waals surface area contributed by atoms with Crippen molar-refractivity contribution in [2.75, 3.05) is 0 Å². The van der Waals surface area contributed by atoms with Gasteiger partial charge in [0, 0.05) is 5.92 Å². The zero-order chi connectivity index (χ0) is 16.2. The standard InChI is InChI=1S/C17H22FNO3/c1-12(10-13-6-5-7-14(18)11-13)15(20)19-17(16(21)22)8-3-2-4-9-17/h5-7,11-12H,2-4,8-10H2,1H3,(H,19,20)(H,21,22). The Morgan fingerprint density at radius 1 is 1.32 bits per heavy atom. The van der Waals surface area contributed by atoms with E-state index in [4.69, 9.17) is 0 Å². The van der Waals surface area contributed by atoms with E-state index in [1.807, 2.05) is 0 Å². The Balaban J connectivity index is 2.02. The second kappa shape index (κ2) is 6.90. The van der Waals surface area contributed by atoms with Gasteiger partial charge in [-0.15, -0.1) is 0 Å². The first-order valence-electron chi connectivity index (χ1n) is 7.73. The van der Waals surface area contributed by atoms with Crippen LogP contribution in [-0.4, -0.2) is 22.5 Å². The maximum absolute atomic E-state index is 13.2. The number of hydrogen-bond acceptors (Lipinski definition) is 2. The molecule has 120 valence electrons. The second-order valence-electron chi connectivity index (χ2n) is 6.17. The Hall–Kier alpha value is -1.91. The van der Waals surface area contributed by atoms with Crippen LogP contribution in [0.15, 0.2) is 24.3 Å². The quantitative estimate of drug-likeness (QED) is 0.879. The average Bonchev–Trinajstić information content (AvgIpc) is 2.48. The van der Waals surface area contributed by atoms with Crippen molar-refractivity contribution in [2.45, 2.75) is 51.0 Å². The maximum atomic E-state index is 13.2. The molecule has 1 atom stereocenters. The number of hydrogen-bond donors (Lipinski definition) is 2. The van der Waals surface area contributed by atoms with E-state index in [0.29, 0.717) is 19.3 Å². The van der Waals surface area contributed by atoms with Crippen molar-refractivity contribution < 1.29 is 19.1 Å². The lowest BCUT2D eigenvalue weighted by molar-refractivity contribution is -0.149. The summed E-state index contributed by atoms with van der Waals surface area (Å²) >= 11 is 0. The molecule has 22 heavy (non-hydrogen) atoms. The molecule has 1 fully saturated rings. The van der Waals surface area contributed by atoms with Crippen LogP contribution in [0.5, 0.6) is 0 Å². The summed E-state index contributed by atoms with van der Waals surface area (Å²) in [6, 6.07) is 6.13. The highest BCUT2D eigenvalue weighted by atomic mass is 19.1. The normalized spacial score (nSPS) is 18.5. The van der Waals surface area contributed by atoms with Crippen molar-refractivity contribution in [1.29, 1.82) is 0 Å². The van der Waals surface area contributed by atoms with Gasteiger partial charge in [0.1, 0.15) is 11.4 Å². The van der Waals surface area contributed by atoms with Gasteiger partial charge < -0.3 is 10.4 Å². The smallest absolute Gasteiger partial charge is 0.329 e. The molecular weight excluding hydrogens is 285 g/mol. The van der Waals surface area contributed by atoms with Gasteiger partial charge in [-0.3, -0.25) is 4.79 Å². The lowest BCUT2D eigenvalue weighted by atomic mass is 9.81. The van der Waals surface area contributed by atoms with Crippen molar-refractivity contribution >= 4 is 11.9 Å². The minimum absolute atomic E-state index is 0.284. The predicted octanol–water partition coefficient (Wildman–Crippen LogP) is 2.91. The average molecular weight is 307 g/mol. The van der Waals surface area contributed by atoms with Crippen molar-refractivity contribution in [3.63, 3.8) is 0 Å². The molecule has 1 amide bonds. The van der Waals surface area contributed by atoms with Crippen molar-refractivity contribution in [2.24, 2.45) is 5.92 Å². The van der Waals surface area contributed by atoms with Crippen LogP contribution in [0.25, 0.3) is 0 Å². The van der Waals surface area contributed by atoms with Crippen LogP contribution in [0, 0.1) is 11.7 Å². The van der Waals surface area contributed by atoms with Crippen molar-refractivity contribution in [3.8, 4) is 0 Å². The van der Waals surface area contributed by atoms with Gasteiger partial charge in [-0.05, 0) is 37.0 Å². The molecule has 4 nitrogen and oxygen atoms in total. The maximum Gasteiger partial charge on any atom is 0.329 e. The molecule has 1 aromatic carbocycles. The first-order valence-corrected chi connectivity index (χ1v) is 7.73. The molecule has 1 aromatic rings. The van der Waals surface area contributed by atoms with Crippen LogP contribution in [0.2, 0.25) is 0 Å². The first kappa shape index (κ1) is 16.5. The fourth-order valence-corrected chi connectivity index (χ4v) is 3.02. The highest BCUT2D eigenvalue weighted by Crippen LogP contribution is 2.29. The summed E-state index contributed by atoms with van der Waals surface area (Å²) in [5.74, 6) is -1.98. The Bertz CT molecular complexity index is 553. The van der Waals surface area contributed by atoms with E-state index < -0.39 is 17.4 Å². The van der Waals surface area contributed by atoms with Gasteiger partial charge in [0.2, 0.25) is 5.91 Å². The summed E-state index contributed by atoms with van der Waals surface area (Å²) < 4.78 is 13.2. The van der Waals surface area contributed by atoms with E-state index in [1.165, 1.54) is 12.1 Å². The highest BCUT2D eigenvalue weighted by molar-refractivity contribution is 5.88. The Morgan fingerprint density at radius 3 is 2.59 bits per heavy atom. The van der Waals surface area contributed by atoms with Crippen LogP contribution in [0.1, 0.15) is 44.6 Å². The molecule has 0 heterocycles. The SMILES string of the molecule is CC(Cc1cccc(F)c1)C(=O)NC1(C(=O)O)CCCCC1. The van der Waals surface area contributed by atoms with E-state index in [1.54, 1.807) is 19.1 Å². The minimum atomic E-state index is -1.13. The Labute approximate surface area is 129 Å². The van der Waals surface area contributed by atoms with E-state index in [2.05, 4.69) is 5.32 Å². The summed E-state index contributed by atoms with van der Waals surface area (Å²) in [6.07, 6.45) is 3.96. The predicted molar refractivity (Wildman–Crippen MR) is 80.9 cm³/mol. The molecule has 0 radical (unpaired) electrons. The number of carboxylic acid groups (broad SMARTS) is 1. The zero-order valence-corrected chi connectivity index (χ0v) is 12.8. The lowest BCUT2D eigenvalue weighted by Gasteiger charge is -2.34. The Morgan fingerprint density at radius 2 is 2.00 bits per heavy atom. The molecule has 0 aromatic heterocycles. The molecule has 1 aliphatic rings. The number of halogens is 1. The van der Waals surface area contributed by atoms with E-state index >= 15 is 0 Å². The van der Waals surface area contributed by atoms with E-state index in [-0.39, 0.29) is 11.7 Å². The van der Waals surface area contributed by atoms with Gasteiger partial charge in [-0.25, -0.2) is 9.18 Å². The summed E-state index contributed by atoms with van der Waals surface area (Å²) in [4.78, 5) is 23.9. The fourth-order valence-electron chi connectivity index (χ4n) is 3.02. The number of benzene rings is 1. The van der Waals surface area contributed by atoms with Crippen LogP contribution in [0.4, 0.5) is 4.39 Å². The molecule has 1 aliphatic carbocycles. The Kier molecular flexibility index (Phi) is 5.16. The molecule has 5 heteroatoms. The number of amides is 1. The molecule has 0 saturated heterocycles. The topological polar surface area (TPSA) is 66.4 Å². The summed E-state index contributed by atoms with van der Waals surface area (Å²) in [5.41, 5.74) is -0.401. The molecule has 0 spiro atoms. The van der Waals surface area contributed by atoms with Crippen LogP contribution in [-0.2, 0) is 16.0 Å². The third-order valence-corrected chi connectivity index (χ3v) is 4.36. The van der Waals surface area contributed by atoms with Gasteiger partial charge in [-0.2, -0.15) is 0 Å². The van der Waals surface area contributed by atoms with Gasteiger partial charge in [0.05, 0.1) is 0 Å². The third-order valence-electron chi connectivity index (χ3n) is 4.36. The van der Waals surface area contributed by atoms with Crippen LogP contribution < -0.4 is 5.32 Å². The van der Waals surface area contributed by atoms with Crippen LogP contribution in [0.3, 0.4) is 0 Å². The van der Waals surface area contributed by atoms with Gasteiger partial charge in [0.25, 0.3) is 0 Å². The van der Waals surface area contributed by atoms with Crippen LogP contribution >= 0.6 is 0 Å². The van der Waals surface area contributed by atoms with E-state index in [0.717, 1.165) is 24.8 Å². The number of nitrogens with one attached hydrogen (secondary N) is 1. The molecule has 1 saturated carbocycles. The van der Waals surface area contributed by atoms with Gasteiger partial charge >= 0.3 is 5.97 Å². The molecule has 1 unspecified atom stereocenters. The monoisotopic (exact) mass is 307 g/mol. The molecule has 2 rings (SSSR count). The number of rotatable bonds is 5. The van der Waals surface area contributed by atoms with E-state index in [9.17, 15) is 19.1 Å². The molecule has 0 aliphatic heterocycles. The summed E-state index contributed by atoms with van der Waals surface area (Å²) in [5, 5.41) is 12.2.